The predicted octanol–water partition coefficient (Wildman–Crippen LogP) is 2.25. The molecule has 1 saturated carbocycles. The van der Waals surface area contributed by atoms with Crippen LogP contribution in [0.25, 0.3) is 11.0 Å². The molecule has 59 valence electrons. The number of rotatable bonds is 1. The van der Waals surface area contributed by atoms with E-state index in [1.807, 2.05) is 0 Å². The third-order valence-electron chi connectivity index (χ3n) is 2.35. The van der Waals surface area contributed by atoms with E-state index >= 15 is 0 Å². The first-order chi connectivity index (χ1) is 5.95. The van der Waals surface area contributed by atoms with E-state index in [9.17, 15) is 0 Å². The highest BCUT2D eigenvalue weighted by molar-refractivity contribution is 5.79. The Morgan fingerprint density at radius 1 is 1.42 bits per heavy atom. The van der Waals surface area contributed by atoms with Crippen LogP contribution in [0, 0.1) is 6.42 Å². The van der Waals surface area contributed by atoms with Gasteiger partial charge in [0.2, 0.25) is 0 Å². The summed E-state index contributed by atoms with van der Waals surface area (Å²) in [6, 6.07) is 6.31. The minimum Gasteiger partial charge on any atom is -0.345 e. The minimum atomic E-state index is 0.664. The molecular formula is C10H9N2. The summed E-state index contributed by atoms with van der Waals surface area (Å²) in [6.07, 6.45) is 5.28. The lowest BCUT2D eigenvalue weighted by Crippen LogP contribution is -1.81. The van der Waals surface area contributed by atoms with E-state index in [1.54, 1.807) is 6.33 Å². The van der Waals surface area contributed by atoms with Crippen LogP contribution >= 0.6 is 0 Å². The first kappa shape index (κ1) is 6.23. The van der Waals surface area contributed by atoms with Gasteiger partial charge in [-0.3, -0.25) is 0 Å². The van der Waals surface area contributed by atoms with Gasteiger partial charge >= 0.3 is 0 Å². The molecule has 0 aliphatic heterocycles. The zero-order valence-corrected chi connectivity index (χ0v) is 6.62. The van der Waals surface area contributed by atoms with Gasteiger partial charge in [-0.05, 0) is 30.4 Å². The van der Waals surface area contributed by atoms with Crippen molar-refractivity contribution in [3.05, 3.63) is 36.5 Å². The fraction of sp³-hybridized carbons (Fsp3) is 0.200. The van der Waals surface area contributed by atoms with Gasteiger partial charge in [-0.25, -0.2) is 4.98 Å². The molecule has 1 fully saturated rings. The number of imidazole rings is 1. The lowest BCUT2D eigenvalue weighted by Gasteiger charge is -1.97. The van der Waals surface area contributed by atoms with Crippen molar-refractivity contribution in [2.24, 2.45) is 0 Å². The van der Waals surface area contributed by atoms with Crippen LogP contribution in [-0.2, 0) is 0 Å². The number of H-pyrrole nitrogens is 1. The number of aromatic amines is 1. The summed E-state index contributed by atoms with van der Waals surface area (Å²) in [4.78, 5) is 7.42. The third-order valence-corrected chi connectivity index (χ3v) is 2.35. The third kappa shape index (κ3) is 0.779. The Labute approximate surface area is 70.6 Å². The summed E-state index contributed by atoms with van der Waals surface area (Å²) in [5, 5.41) is 0. The quantitative estimate of drug-likeness (QED) is 0.675. The maximum atomic E-state index is 4.30. The van der Waals surface area contributed by atoms with Gasteiger partial charge in [0.05, 0.1) is 17.4 Å². The molecule has 1 aromatic carbocycles. The maximum Gasteiger partial charge on any atom is 0.0931 e. The summed E-state index contributed by atoms with van der Waals surface area (Å²) in [6.45, 7) is 0. The SMILES string of the molecule is [CH]1CC1c1cccc2[nH]cnc12. The molecule has 1 N–H and O–H groups in total. The molecule has 0 bridgehead atoms. The number of fused-ring (bicyclic) bond motifs is 1. The highest BCUT2D eigenvalue weighted by atomic mass is 14.9. The Hall–Kier alpha value is -1.31. The van der Waals surface area contributed by atoms with Crippen molar-refractivity contribution in [1.82, 2.24) is 9.97 Å². The normalized spacial score (nSPS) is 17.0. The average Bonchev–Trinajstić information content (AvgIpc) is 2.82. The molecule has 0 amide bonds. The smallest absolute Gasteiger partial charge is 0.0931 e. The van der Waals surface area contributed by atoms with Crippen molar-refractivity contribution < 1.29 is 0 Å². The second kappa shape index (κ2) is 2.09. The van der Waals surface area contributed by atoms with Crippen molar-refractivity contribution in [3.8, 4) is 0 Å². The number of para-hydroxylation sites is 1. The van der Waals surface area contributed by atoms with Crippen LogP contribution in [0.3, 0.4) is 0 Å². The van der Waals surface area contributed by atoms with Crippen molar-refractivity contribution in [1.29, 1.82) is 0 Å². The Morgan fingerprint density at radius 3 is 3.17 bits per heavy atom. The Morgan fingerprint density at radius 2 is 2.33 bits per heavy atom. The molecule has 1 heterocycles. The highest BCUT2D eigenvalue weighted by Crippen LogP contribution is 2.41. The Balaban J connectivity index is 2.32. The lowest BCUT2D eigenvalue weighted by molar-refractivity contribution is 1.17. The summed E-state index contributed by atoms with van der Waals surface area (Å²) in [7, 11) is 0. The van der Waals surface area contributed by atoms with Gasteiger partial charge in [-0.1, -0.05) is 12.1 Å². The van der Waals surface area contributed by atoms with E-state index in [2.05, 4.69) is 34.6 Å². The Kier molecular flexibility index (Phi) is 1.09. The van der Waals surface area contributed by atoms with Gasteiger partial charge in [0.15, 0.2) is 0 Å². The van der Waals surface area contributed by atoms with Crippen LogP contribution in [0.5, 0.6) is 0 Å². The first-order valence-corrected chi connectivity index (χ1v) is 4.20. The fourth-order valence-corrected chi connectivity index (χ4v) is 1.61. The summed E-state index contributed by atoms with van der Waals surface area (Å²) < 4.78 is 0. The van der Waals surface area contributed by atoms with Crippen LogP contribution in [-0.4, -0.2) is 9.97 Å². The molecule has 1 unspecified atom stereocenters. The van der Waals surface area contributed by atoms with Crippen molar-refractivity contribution in [2.75, 3.05) is 0 Å². The molecule has 3 rings (SSSR count). The van der Waals surface area contributed by atoms with Gasteiger partial charge in [-0.2, -0.15) is 0 Å². The largest absolute Gasteiger partial charge is 0.345 e. The molecule has 2 aromatic rings. The number of benzene rings is 1. The molecule has 0 saturated heterocycles. The van der Waals surface area contributed by atoms with Crippen LogP contribution in [0.4, 0.5) is 0 Å². The Bertz CT molecular complexity index is 412. The molecule has 1 aliphatic carbocycles. The van der Waals surface area contributed by atoms with Crippen molar-refractivity contribution >= 4 is 11.0 Å². The molecule has 1 radical (unpaired) electrons. The van der Waals surface area contributed by atoms with E-state index in [4.69, 9.17) is 0 Å². The zero-order valence-electron chi connectivity index (χ0n) is 6.62. The fourth-order valence-electron chi connectivity index (χ4n) is 1.61. The van der Waals surface area contributed by atoms with Gasteiger partial charge in [0.25, 0.3) is 0 Å². The standard InChI is InChI=1S/C10H9N2/c1-2-8(7-4-5-7)10-9(3-1)11-6-12-10/h1-4,6-7H,5H2,(H,11,12). The summed E-state index contributed by atoms with van der Waals surface area (Å²) in [5.74, 6) is 0.664. The predicted molar refractivity (Wildman–Crippen MR) is 47.8 cm³/mol. The average molecular weight is 157 g/mol. The summed E-state index contributed by atoms with van der Waals surface area (Å²) in [5.41, 5.74) is 3.65. The van der Waals surface area contributed by atoms with Crippen LogP contribution in [0.15, 0.2) is 24.5 Å². The van der Waals surface area contributed by atoms with Crippen LogP contribution in [0.1, 0.15) is 17.9 Å². The highest BCUT2D eigenvalue weighted by Gasteiger charge is 2.26. The van der Waals surface area contributed by atoms with Gasteiger partial charge in [-0.15, -0.1) is 0 Å². The van der Waals surface area contributed by atoms with Gasteiger partial charge < -0.3 is 4.98 Å². The van der Waals surface area contributed by atoms with E-state index in [0.29, 0.717) is 5.92 Å². The van der Waals surface area contributed by atoms with E-state index in [1.165, 1.54) is 12.0 Å². The number of nitrogens with one attached hydrogen (secondary N) is 1. The second-order valence-corrected chi connectivity index (χ2v) is 3.22. The van der Waals surface area contributed by atoms with E-state index < -0.39 is 0 Å². The minimum absolute atomic E-state index is 0.664. The van der Waals surface area contributed by atoms with Crippen molar-refractivity contribution in [3.63, 3.8) is 0 Å². The number of hydrogen-bond donors (Lipinski definition) is 1. The van der Waals surface area contributed by atoms with Crippen LogP contribution < -0.4 is 0 Å². The molecule has 2 nitrogen and oxygen atoms in total. The number of hydrogen-bond acceptors (Lipinski definition) is 1. The van der Waals surface area contributed by atoms with Gasteiger partial charge in [0.1, 0.15) is 0 Å². The molecule has 1 aromatic heterocycles. The molecule has 1 atom stereocenters. The molecule has 2 heteroatoms. The van der Waals surface area contributed by atoms with Crippen molar-refractivity contribution in [2.45, 2.75) is 12.3 Å². The summed E-state index contributed by atoms with van der Waals surface area (Å²) >= 11 is 0. The molecule has 1 aliphatic rings. The van der Waals surface area contributed by atoms with Crippen LogP contribution in [0.2, 0.25) is 0 Å². The van der Waals surface area contributed by atoms with Gasteiger partial charge in [0, 0.05) is 0 Å². The zero-order chi connectivity index (χ0) is 7.97. The second-order valence-electron chi connectivity index (χ2n) is 3.22. The van der Waals surface area contributed by atoms with E-state index in [0.717, 1.165) is 11.0 Å². The lowest BCUT2D eigenvalue weighted by atomic mass is 10.1. The molecule has 0 spiro atoms. The topological polar surface area (TPSA) is 28.7 Å². The first-order valence-electron chi connectivity index (χ1n) is 4.20. The molecular weight excluding hydrogens is 148 g/mol. The van der Waals surface area contributed by atoms with E-state index in [-0.39, 0.29) is 0 Å². The number of aromatic nitrogens is 2. The maximum absolute atomic E-state index is 4.30. The number of nitrogens with zero attached hydrogens (tertiary/aromatic N) is 1. The molecule has 12 heavy (non-hydrogen) atoms. The monoisotopic (exact) mass is 157 g/mol.